The lowest BCUT2D eigenvalue weighted by molar-refractivity contribution is -0.114. The number of amides is 2. The lowest BCUT2D eigenvalue weighted by atomic mass is 10.0. The van der Waals surface area contributed by atoms with Crippen LogP contribution >= 0.6 is 0 Å². The van der Waals surface area contributed by atoms with E-state index in [-0.39, 0.29) is 22.4 Å². The van der Waals surface area contributed by atoms with Gasteiger partial charge in [-0.05, 0) is 60.6 Å². The Morgan fingerprint density at radius 1 is 0.848 bits per heavy atom. The molecule has 0 saturated carbocycles. The van der Waals surface area contributed by atoms with Crippen LogP contribution in [0.25, 0.3) is 33.3 Å². The number of fused-ring (bicyclic) bond motifs is 1. The predicted molar refractivity (Wildman–Crippen MR) is 182 cm³/mol. The highest BCUT2D eigenvalue weighted by Crippen LogP contribution is 2.37. The Morgan fingerprint density at radius 3 is 2.17 bits per heavy atom. The average molecular weight is 637 g/mol. The van der Waals surface area contributed by atoms with Gasteiger partial charge in [0.1, 0.15) is 0 Å². The van der Waals surface area contributed by atoms with Gasteiger partial charge in [0.25, 0.3) is 15.9 Å². The zero-order chi connectivity index (χ0) is 32.6. The first-order valence-electron chi connectivity index (χ1n) is 15.0. The number of carbonyl (C=O) groups excluding carboxylic acids is 2. The first-order chi connectivity index (χ1) is 22.0. The second-order valence-electron chi connectivity index (χ2n) is 11.7. The van der Waals surface area contributed by atoms with Crippen molar-refractivity contribution >= 4 is 44.2 Å². The van der Waals surface area contributed by atoms with E-state index in [1.54, 1.807) is 69.0 Å². The summed E-state index contributed by atoms with van der Waals surface area (Å²) in [5.74, 6) is -0.289. The largest absolute Gasteiger partial charge is 0.367 e. The van der Waals surface area contributed by atoms with E-state index in [9.17, 15) is 18.0 Å². The quantitative estimate of drug-likeness (QED) is 0.267. The molecule has 1 N–H and O–H groups in total. The van der Waals surface area contributed by atoms with E-state index in [4.69, 9.17) is 4.98 Å². The molecule has 1 aliphatic rings. The number of carbonyl (C=O) groups is 2. The normalized spacial score (nSPS) is 14.0. The fraction of sp³-hybridized carbons (Fsp3) is 0.229. The first-order valence-corrected chi connectivity index (χ1v) is 16.5. The first kappa shape index (κ1) is 31.0. The predicted octanol–water partition coefficient (Wildman–Crippen LogP) is 5.02. The summed E-state index contributed by atoms with van der Waals surface area (Å²) in [6.45, 7) is 5.05. The van der Waals surface area contributed by atoms with Gasteiger partial charge in [0, 0.05) is 81.7 Å². The Balaban J connectivity index is 1.49. The van der Waals surface area contributed by atoms with Crippen molar-refractivity contribution in [2.24, 2.45) is 0 Å². The molecule has 0 bridgehead atoms. The maximum absolute atomic E-state index is 13.8. The molecule has 6 rings (SSSR count). The number of benzene rings is 3. The summed E-state index contributed by atoms with van der Waals surface area (Å²) in [6.07, 6.45) is 3.25. The van der Waals surface area contributed by atoms with E-state index in [0.29, 0.717) is 22.2 Å². The molecule has 236 valence electrons. The molecule has 0 atom stereocenters. The van der Waals surface area contributed by atoms with Crippen molar-refractivity contribution in [3.8, 4) is 22.3 Å². The topological polar surface area (TPSA) is 108 Å². The van der Waals surface area contributed by atoms with Gasteiger partial charge in [0.2, 0.25) is 5.91 Å². The van der Waals surface area contributed by atoms with E-state index in [1.165, 1.54) is 15.8 Å². The number of nitrogens with zero attached hydrogens (tertiary/aromatic N) is 5. The highest BCUT2D eigenvalue weighted by molar-refractivity contribution is 7.90. The van der Waals surface area contributed by atoms with Crippen LogP contribution in [0.2, 0.25) is 0 Å². The van der Waals surface area contributed by atoms with Crippen LogP contribution in [0.3, 0.4) is 0 Å². The van der Waals surface area contributed by atoms with E-state index in [0.717, 1.165) is 48.6 Å². The molecule has 5 aromatic rings. The zero-order valence-electron chi connectivity index (χ0n) is 26.3. The van der Waals surface area contributed by atoms with Gasteiger partial charge in [-0.1, -0.05) is 36.4 Å². The van der Waals surface area contributed by atoms with Gasteiger partial charge in [0.15, 0.2) is 5.65 Å². The van der Waals surface area contributed by atoms with Gasteiger partial charge in [-0.25, -0.2) is 17.4 Å². The summed E-state index contributed by atoms with van der Waals surface area (Å²) >= 11 is 0. The summed E-state index contributed by atoms with van der Waals surface area (Å²) in [5, 5.41) is 3.63. The number of nitrogens with one attached hydrogen (secondary N) is 1. The van der Waals surface area contributed by atoms with Crippen LogP contribution < -0.4 is 10.2 Å². The molecule has 46 heavy (non-hydrogen) atoms. The van der Waals surface area contributed by atoms with Crippen LogP contribution in [0.4, 0.5) is 11.4 Å². The van der Waals surface area contributed by atoms with Gasteiger partial charge >= 0.3 is 0 Å². The summed E-state index contributed by atoms with van der Waals surface area (Å²) in [6, 6.07) is 23.2. The van der Waals surface area contributed by atoms with Crippen LogP contribution in [-0.2, 0) is 14.8 Å². The van der Waals surface area contributed by atoms with Crippen molar-refractivity contribution in [3.63, 3.8) is 0 Å². The number of hydrogen-bond donors (Lipinski definition) is 1. The number of rotatable bonds is 7. The second-order valence-corrected chi connectivity index (χ2v) is 13.5. The number of piperazine rings is 1. The minimum absolute atomic E-state index is 0.125. The lowest BCUT2D eigenvalue weighted by Crippen LogP contribution is -2.44. The molecule has 0 spiro atoms. The Hall–Kier alpha value is -5.00. The van der Waals surface area contributed by atoms with Gasteiger partial charge in [0.05, 0.1) is 16.3 Å². The molecule has 1 saturated heterocycles. The Morgan fingerprint density at radius 2 is 1.52 bits per heavy atom. The minimum Gasteiger partial charge on any atom is -0.367 e. The number of aromatic nitrogens is 2. The maximum Gasteiger partial charge on any atom is 0.269 e. The third-order valence-electron chi connectivity index (χ3n) is 8.25. The van der Waals surface area contributed by atoms with E-state index < -0.39 is 10.0 Å². The molecular weight excluding hydrogens is 600 g/mol. The van der Waals surface area contributed by atoms with E-state index in [1.807, 2.05) is 36.4 Å². The van der Waals surface area contributed by atoms with Crippen LogP contribution in [-0.4, -0.2) is 86.3 Å². The van der Waals surface area contributed by atoms with E-state index >= 15 is 0 Å². The highest BCUT2D eigenvalue weighted by Gasteiger charge is 2.24. The molecule has 11 heteroatoms. The molecule has 3 aromatic carbocycles. The molecule has 2 amide bonds. The molecule has 2 aromatic heterocycles. The molecule has 1 fully saturated rings. The fourth-order valence-corrected chi connectivity index (χ4v) is 7.08. The van der Waals surface area contributed by atoms with Crippen LogP contribution in [0, 0.1) is 0 Å². The second kappa shape index (κ2) is 12.4. The molecule has 0 radical (unpaired) electrons. The van der Waals surface area contributed by atoms with Crippen LogP contribution in [0.5, 0.6) is 0 Å². The van der Waals surface area contributed by atoms with Gasteiger partial charge in [-0.3, -0.25) is 9.59 Å². The number of hydrogen-bond acceptors (Lipinski definition) is 7. The summed E-state index contributed by atoms with van der Waals surface area (Å²) in [5.41, 5.74) is 5.46. The lowest BCUT2D eigenvalue weighted by Gasteiger charge is -2.35. The SMILES string of the molecule is CC(=O)Nc1cc(-c2cnc3c(c2)c(-c2ccc(C(=O)N(C)C)cc2)cn3S(=O)(=O)c2ccccc2)ccc1N1CCN(C)CC1. The molecule has 3 heterocycles. The third kappa shape index (κ3) is 5.99. The average Bonchev–Trinajstić information content (AvgIpc) is 3.45. The van der Waals surface area contributed by atoms with Crippen LogP contribution in [0.15, 0.2) is 96.2 Å². The third-order valence-corrected chi connectivity index (χ3v) is 9.91. The van der Waals surface area contributed by atoms with Crippen molar-refractivity contribution in [1.82, 2.24) is 18.8 Å². The van der Waals surface area contributed by atoms with Crippen LogP contribution in [0.1, 0.15) is 17.3 Å². The smallest absolute Gasteiger partial charge is 0.269 e. The minimum atomic E-state index is -3.97. The summed E-state index contributed by atoms with van der Waals surface area (Å²) in [7, 11) is 1.52. The van der Waals surface area contributed by atoms with Crippen molar-refractivity contribution in [2.75, 3.05) is 57.5 Å². The van der Waals surface area contributed by atoms with Crippen molar-refractivity contribution in [3.05, 3.63) is 96.8 Å². The monoisotopic (exact) mass is 636 g/mol. The Labute approximate surface area is 268 Å². The molecule has 0 unspecified atom stereocenters. The van der Waals surface area contributed by atoms with Crippen molar-refractivity contribution in [2.45, 2.75) is 11.8 Å². The molecule has 0 aliphatic carbocycles. The number of anilines is 2. The van der Waals surface area contributed by atoms with Crippen molar-refractivity contribution < 1.29 is 18.0 Å². The standard InChI is InChI=1S/C35H36N6O4S/c1-24(42)37-32-21-27(14-15-33(32)40-18-16-39(4)17-19-40)28-20-30-31(25-10-12-26(13-11-25)35(43)38(2)3)23-41(34(30)36-22-28)46(44,45)29-8-6-5-7-9-29/h5-15,20-23H,16-19H2,1-4H3,(H,37,42). The van der Waals surface area contributed by atoms with Gasteiger partial charge < -0.3 is 20.0 Å². The van der Waals surface area contributed by atoms with E-state index in [2.05, 4.69) is 22.2 Å². The summed E-state index contributed by atoms with van der Waals surface area (Å²) in [4.78, 5) is 35.6. The number of likely N-dealkylation sites (N-methyl/N-ethyl adjacent to an activating group) is 1. The van der Waals surface area contributed by atoms with Crippen molar-refractivity contribution in [1.29, 1.82) is 0 Å². The molecule has 1 aliphatic heterocycles. The summed E-state index contributed by atoms with van der Waals surface area (Å²) < 4.78 is 28.9. The number of pyridine rings is 1. The molecular formula is C35H36N6O4S. The highest BCUT2D eigenvalue weighted by atomic mass is 32.2. The Kier molecular flexibility index (Phi) is 8.37. The van der Waals surface area contributed by atoms with Gasteiger partial charge in [-0.2, -0.15) is 0 Å². The zero-order valence-corrected chi connectivity index (χ0v) is 27.1. The van der Waals surface area contributed by atoms with Gasteiger partial charge in [-0.15, -0.1) is 0 Å². The fourth-order valence-electron chi connectivity index (χ4n) is 5.74. The molecule has 10 nitrogen and oxygen atoms in total. The maximum atomic E-state index is 13.8. The Bertz CT molecular complexity index is 2030.